The molecule has 0 radical (unpaired) electrons. The molecule has 0 fully saturated rings. The van der Waals surface area contributed by atoms with E-state index in [-0.39, 0.29) is 0 Å². The third-order valence-electron chi connectivity index (χ3n) is 3.33. The lowest BCUT2D eigenvalue weighted by atomic mass is 10.1. The summed E-state index contributed by atoms with van der Waals surface area (Å²) in [4.78, 5) is 0.805. The standard InChI is InChI=1S/C19H20ClNS/c1-2-3-13-21-18(15-7-5-4-6-8-15)14-19(22)16-9-11-17(20)12-10-16/h4-12,14,21H,2-3,13H2,1H3/b18-14-. The van der Waals surface area contributed by atoms with Crippen molar-refractivity contribution in [3.8, 4) is 0 Å². The molecule has 0 atom stereocenters. The predicted octanol–water partition coefficient (Wildman–Crippen LogP) is 5.49. The maximum Gasteiger partial charge on any atom is 0.0470 e. The second-order valence-corrected chi connectivity index (χ2v) is 5.95. The zero-order chi connectivity index (χ0) is 15.8. The molecule has 0 aromatic heterocycles. The lowest BCUT2D eigenvalue weighted by Gasteiger charge is -2.12. The molecule has 0 heterocycles. The number of rotatable bonds is 7. The van der Waals surface area contributed by atoms with Crippen LogP contribution in [-0.4, -0.2) is 11.4 Å². The van der Waals surface area contributed by atoms with Crippen LogP contribution in [0.25, 0.3) is 5.70 Å². The average Bonchev–Trinajstić information content (AvgIpc) is 2.55. The van der Waals surface area contributed by atoms with Crippen molar-refractivity contribution in [3.05, 3.63) is 76.8 Å². The fourth-order valence-electron chi connectivity index (χ4n) is 2.08. The van der Waals surface area contributed by atoms with Crippen LogP contribution in [0.4, 0.5) is 0 Å². The summed E-state index contributed by atoms with van der Waals surface area (Å²) in [6.07, 6.45) is 4.33. The van der Waals surface area contributed by atoms with Gasteiger partial charge in [0.15, 0.2) is 0 Å². The predicted molar refractivity (Wildman–Crippen MR) is 100 cm³/mol. The SMILES string of the molecule is CCCCN/C(=C\C(=S)c1ccc(Cl)cc1)c1ccccc1. The van der Waals surface area contributed by atoms with Gasteiger partial charge in [-0.3, -0.25) is 0 Å². The normalized spacial score (nSPS) is 11.3. The molecule has 0 saturated carbocycles. The van der Waals surface area contributed by atoms with Crippen molar-refractivity contribution in [1.82, 2.24) is 5.32 Å². The number of unbranched alkanes of at least 4 members (excludes halogenated alkanes) is 1. The molecule has 0 aliphatic carbocycles. The Morgan fingerprint density at radius 2 is 1.73 bits per heavy atom. The Balaban J connectivity index is 2.23. The first kappa shape index (κ1) is 16.7. The Labute approximate surface area is 143 Å². The molecule has 2 aromatic rings. The van der Waals surface area contributed by atoms with Crippen molar-refractivity contribution < 1.29 is 0 Å². The van der Waals surface area contributed by atoms with Crippen molar-refractivity contribution in [2.45, 2.75) is 19.8 Å². The summed E-state index contributed by atoms with van der Waals surface area (Å²) >= 11 is 11.5. The first-order valence-electron chi connectivity index (χ1n) is 7.51. The van der Waals surface area contributed by atoms with Gasteiger partial charge in [-0.15, -0.1) is 0 Å². The largest absolute Gasteiger partial charge is 0.385 e. The zero-order valence-corrected chi connectivity index (χ0v) is 14.3. The van der Waals surface area contributed by atoms with E-state index < -0.39 is 0 Å². The quantitative estimate of drug-likeness (QED) is 0.312. The molecule has 0 unspecified atom stereocenters. The average molecular weight is 330 g/mol. The number of thiocarbonyl (C=S) groups is 1. The van der Waals surface area contributed by atoms with E-state index in [2.05, 4.69) is 24.4 Å². The lowest BCUT2D eigenvalue weighted by Crippen LogP contribution is -2.15. The molecular formula is C19H20ClNS. The van der Waals surface area contributed by atoms with Crippen LogP contribution in [0.5, 0.6) is 0 Å². The van der Waals surface area contributed by atoms with Crippen molar-refractivity contribution in [3.63, 3.8) is 0 Å². The summed E-state index contributed by atoms with van der Waals surface area (Å²) in [7, 11) is 0. The maximum atomic E-state index is 5.93. The summed E-state index contributed by atoms with van der Waals surface area (Å²) in [5, 5.41) is 4.22. The lowest BCUT2D eigenvalue weighted by molar-refractivity contribution is 0.745. The summed E-state index contributed by atoms with van der Waals surface area (Å²) in [5.74, 6) is 0. The highest BCUT2D eigenvalue weighted by Gasteiger charge is 2.04. The minimum atomic E-state index is 0.722. The Kier molecular flexibility index (Phi) is 6.63. The molecule has 1 N–H and O–H groups in total. The molecule has 0 amide bonds. The molecule has 0 bridgehead atoms. The molecule has 2 rings (SSSR count). The Hall–Kier alpha value is -1.64. The smallest absolute Gasteiger partial charge is 0.0470 e. The van der Waals surface area contributed by atoms with E-state index in [0.29, 0.717) is 0 Å². The van der Waals surface area contributed by atoms with Gasteiger partial charge in [-0.25, -0.2) is 0 Å². The monoisotopic (exact) mass is 329 g/mol. The molecule has 22 heavy (non-hydrogen) atoms. The van der Waals surface area contributed by atoms with E-state index in [9.17, 15) is 0 Å². The molecule has 0 saturated heterocycles. The van der Waals surface area contributed by atoms with Crippen LogP contribution in [0, 0.1) is 0 Å². The van der Waals surface area contributed by atoms with Gasteiger partial charge >= 0.3 is 0 Å². The van der Waals surface area contributed by atoms with Crippen LogP contribution in [0.1, 0.15) is 30.9 Å². The van der Waals surface area contributed by atoms with Gasteiger partial charge < -0.3 is 5.32 Å². The number of allylic oxidation sites excluding steroid dienone is 1. The third kappa shape index (κ3) is 4.97. The Morgan fingerprint density at radius 3 is 2.36 bits per heavy atom. The van der Waals surface area contributed by atoms with Crippen LogP contribution >= 0.6 is 23.8 Å². The molecule has 0 spiro atoms. The first-order chi connectivity index (χ1) is 10.7. The van der Waals surface area contributed by atoms with E-state index in [4.69, 9.17) is 23.8 Å². The molecule has 114 valence electrons. The van der Waals surface area contributed by atoms with Crippen molar-refractivity contribution in [1.29, 1.82) is 0 Å². The summed E-state index contributed by atoms with van der Waals surface area (Å²) in [6.45, 7) is 3.13. The number of hydrogen-bond donors (Lipinski definition) is 1. The van der Waals surface area contributed by atoms with Crippen LogP contribution in [0.3, 0.4) is 0 Å². The number of nitrogens with one attached hydrogen (secondary N) is 1. The summed E-state index contributed by atoms with van der Waals surface area (Å²) in [5.41, 5.74) is 3.22. The highest BCUT2D eigenvalue weighted by molar-refractivity contribution is 7.81. The minimum Gasteiger partial charge on any atom is -0.385 e. The third-order valence-corrected chi connectivity index (χ3v) is 3.94. The van der Waals surface area contributed by atoms with Crippen LogP contribution < -0.4 is 5.32 Å². The number of benzene rings is 2. The highest BCUT2D eigenvalue weighted by Crippen LogP contribution is 2.15. The second-order valence-electron chi connectivity index (χ2n) is 5.08. The van der Waals surface area contributed by atoms with E-state index in [1.807, 2.05) is 48.5 Å². The topological polar surface area (TPSA) is 12.0 Å². The molecule has 2 aromatic carbocycles. The molecule has 0 aliphatic rings. The zero-order valence-electron chi connectivity index (χ0n) is 12.7. The van der Waals surface area contributed by atoms with Gasteiger partial charge in [-0.05, 0) is 35.8 Å². The van der Waals surface area contributed by atoms with Crippen molar-refractivity contribution in [2.75, 3.05) is 6.54 Å². The van der Waals surface area contributed by atoms with Gasteiger partial charge in [0.05, 0.1) is 0 Å². The fraction of sp³-hybridized carbons (Fsp3) is 0.211. The Bertz CT molecular complexity index is 632. The van der Waals surface area contributed by atoms with Crippen LogP contribution in [0.2, 0.25) is 5.02 Å². The number of hydrogen-bond acceptors (Lipinski definition) is 2. The van der Waals surface area contributed by atoms with Gasteiger partial charge in [-0.1, -0.05) is 79.6 Å². The van der Waals surface area contributed by atoms with E-state index in [1.54, 1.807) is 0 Å². The summed E-state index contributed by atoms with van der Waals surface area (Å²) in [6, 6.07) is 17.9. The maximum absolute atomic E-state index is 5.93. The van der Waals surface area contributed by atoms with Gasteiger partial charge in [0.2, 0.25) is 0 Å². The van der Waals surface area contributed by atoms with Crippen molar-refractivity contribution in [2.24, 2.45) is 0 Å². The van der Waals surface area contributed by atoms with E-state index in [1.165, 1.54) is 0 Å². The molecule has 1 nitrogen and oxygen atoms in total. The molecule has 0 aliphatic heterocycles. The molecular weight excluding hydrogens is 310 g/mol. The minimum absolute atomic E-state index is 0.722. The van der Waals surface area contributed by atoms with Gasteiger partial charge in [0.25, 0.3) is 0 Å². The fourth-order valence-corrected chi connectivity index (χ4v) is 2.46. The summed E-state index contributed by atoms with van der Waals surface area (Å²) < 4.78 is 0. The Morgan fingerprint density at radius 1 is 1.05 bits per heavy atom. The second kappa shape index (κ2) is 8.72. The molecule has 3 heteroatoms. The van der Waals surface area contributed by atoms with Gasteiger partial charge in [0, 0.05) is 22.1 Å². The van der Waals surface area contributed by atoms with Crippen LogP contribution in [0.15, 0.2) is 60.7 Å². The van der Waals surface area contributed by atoms with E-state index in [0.717, 1.165) is 46.1 Å². The van der Waals surface area contributed by atoms with Crippen molar-refractivity contribution >= 4 is 34.4 Å². The highest BCUT2D eigenvalue weighted by atomic mass is 35.5. The van der Waals surface area contributed by atoms with Gasteiger partial charge in [0.1, 0.15) is 0 Å². The van der Waals surface area contributed by atoms with Crippen LogP contribution in [-0.2, 0) is 0 Å². The first-order valence-corrected chi connectivity index (χ1v) is 8.30. The van der Waals surface area contributed by atoms with E-state index >= 15 is 0 Å². The number of halogens is 1. The van der Waals surface area contributed by atoms with Gasteiger partial charge in [-0.2, -0.15) is 0 Å².